The maximum atomic E-state index is 12.9. The first-order valence-electron chi connectivity index (χ1n) is 12.1. The van der Waals surface area contributed by atoms with Gasteiger partial charge in [-0.15, -0.1) is 0 Å². The highest BCUT2D eigenvalue weighted by molar-refractivity contribution is 5.97. The quantitative estimate of drug-likeness (QED) is 0.336. The molecule has 0 spiro atoms. The maximum Gasteiger partial charge on any atom is 0.274 e. The van der Waals surface area contributed by atoms with E-state index in [4.69, 9.17) is 5.73 Å². The highest BCUT2D eigenvalue weighted by Crippen LogP contribution is 2.21. The van der Waals surface area contributed by atoms with Crippen LogP contribution in [0.3, 0.4) is 0 Å². The molecule has 2 amide bonds. The Hall–Kier alpha value is -4.30. The van der Waals surface area contributed by atoms with Crippen molar-refractivity contribution in [3.8, 4) is 11.3 Å². The van der Waals surface area contributed by atoms with Crippen molar-refractivity contribution in [2.75, 3.05) is 18.8 Å². The Bertz CT molecular complexity index is 1410. The molecule has 36 heavy (non-hydrogen) atoms. The van der Waals surface area contributed by atoms with E-state index < -0.39 is 0 Å². The van der Waals surface area contributed by atoms with E-state index in [-0.39, 0.29) is 29.4 Å². The Morgan fingerprint density at radius 2 is 1.86 bits per heavy atom. The summed E-state index contributed by atoms with van der Waals surface area (Å²) < 4.78 is 0. The number of hydrogen-bond acceptors (Lipinski definition) is 6. The minimum atomic E-state index is -0.347. The Kier molecular flexibility index (Phi) is 6.86. The fraction of sp³-hybridized carbons (Fsp3) is 0.214. The van der Waals surface area contributed by atoms with Crippen molar-refractivity contribution in [1.82, 2.24) is 25.9 Å². The van der Waals surface area contributed by atoms with Crippen molar-refractivity contribution < 1.29 is 9.59 Å². The molecule has 1 saturated heterocycles. The van der Waals surface area contributed by atoms with Gasteiger partial charge in [0.25, 0.3) is 11.8 Å². The van der Waals surface area contributed by atoms with Gasteiger partial charge in [0.2, 0.25) is 0 Å². The summed E-state index contributed by atoms with van der Waals surface area (Å²) >= 11 is 0. The molecule has 1 aliphatic rings. The van der Waals surface area contributed by atoms with Crippen molar-refractivity contribution in [3.05, 3.63) is 89.7 Å². The minimum Gasteiger partial charge on any atom is -0.382 e. The molecule has 2 heterocycles. The van der Waals surface area contributed by atoms with Gasteiger partial charge in [-0.3, -0.25) is 9.59 Å². The first-order chi connectivity index (χ1) is 17.6. The zero-order chi connectivity index (χ0) is 24.9. The van der Waals surface area contributed by atoms with Gasteiger partial charge in [-0.25, -0.2) is 9.97 Å². The van der Waals surface area contributed by atoms with Crippen molar-refractivity contribution in [2.24, 2.45) is 0 Å². The second-order valence-corrected chi connectivity index (χ2v) is 8.95. The van der Waals surface area contributed by atoms with E-state index in [0.29, 0.717) is 23.4 Å². The molecule has 0 bridgehead atoms. The fourth-order valence-electron chi connectivity index (χ4n) is 4.39. The van der Waals surface area contributed by atoms with Crippen LogP contribution in [0.5, 0.6) is 0 Å². The van der Waals surface area contributed by atoms with Crippen LogP contribution in [0.2, 0.25) is 0 Å². The zero-order valence-electron chi connectivity index (χ0n) is 19.8. The number of carbonyl (C=O) groups excluding carboxylic acids is 2. The van der Waals surface area contributed by atoms with Crippen LogP contribution in [0.4, 0.5) is 5.82 Å². The number of nitrogens with one attached hydrogen (secondary N) is 3. The van der Waals surface area contributed by atoms with Crippen molar-refractivity contribution in [2.45, 2.75) is 25.4 Å². The molecule has 0 unspecified atom stereocenters. The molecule has 4 aromatic rings. The lowest BCUT2D eigenvalue weighted by Gasteiger charge is -2.23. The average Bonchev–Trinajstić information content (AvgIpc) is 2.92. The highest BCUT2D eigenvalue weighted by Gasteiger charge is 2.20. The van der Waals surface area contributed by atoms with E-state index in [1.54, 1.807) is 18.2 Å². The average molecular weight is 481 g/mol. The molecule has 0 saturated carbocycles. The van der Waals surface area contributed by atoms with Crippen LogP contribution < -0.4 is 21.7 Å². The standard InChI is InChI=1S/C28H28N6O2/c29-26-25(28(36)33-23-9-4-12-30-16-23)34-24(17-31-26)21-7-3-8-22(14-21)27(35)32-15-18-10-11-19-5-1-2-6-20(19)13-18/h1-3,5-8,10-11,13-14,17,23,30H,4,9,12,15-16H2,(H2,29,31)(H,32,35)(H,33,36)/t23-/m0/s1. The molecular weight excluding hydrogens is 452 g/mol. The van der Waals surface area contributed by atoms with Gasteiger partial charge in [0, 0.05) is 30.3 Å². The van der Waals surface area contributed by atoms with Crippen LogP contribution in [0.15, 0.2) is 72.9 Å². The van der Waals surface area contributed by atoms with Crippen LogP contribution in [-0.2, 0) is 6.54 Å². The third-order valence-electron chi connectivity index (χ3n) is 6.34. The molecule has 1 aromatic heterocycles. The highest BCUT2D eigenvalue weighted by atomic mass is 16.2. The van der Waals surface area contributed by atoms with E-state index in [2.05, 4.69) is 50.2 Å². The number of anilines is 1. The number of carbonyl (C=O) groups is 2. The summed E-state index contributed by atoms with van der Waals surface area (Å²) in [6, 6.07) is 21.4. The van der Waals surface area contributed by atoms with Crippen molar-refractivity contribution in [3.63, 3.8) is 0 Å². The third kappa shape index (κ3) is 5.34. The summed E-state index contributed by atoms with van der Waals surface area (Å²) in [6.45, 7) is 2.08. The molecule has 8 nitrogen and oxygen atoms in total. The summed E-state index contributed by atoms with van der Waals surface area (Å²) in [5.74, 6) is -0.472. The van der Waals surface area contributed by atoms with Crippen molar-refractivity contribution in [1.29, 1.82) is 0 Å². The second-order valence-electron chi connectivity index (χ2n) is 8.95. The number of amides is 2. The molecule has 8 heteroatoms. The third-order valence-corrected chi connectivity index (χ3v) is 6.34. The smallest absolute Gasteiger partial charge is 0.274 e. The summed E-state index contributed by atoms with van der Waals surface area (Å²) in [5.41, 5.74) is 8.71. The van der Waals surface area contributed by atoms with Gasteiger partial charge in [0.1, 0.15) is 0 Å². The summed E-state index contributed by atoms with van der Waals surface area (Å²) in [5, 5.41) is 11.5. The molecule has 3 aromatic carbocycles. The predicted octanol–water partition coefficient (Wildman–Crippen LogP) is 3.29. The van der Waals surface area contributed by atoms with E-state index in [9.17, 15) is 9.59 Å². The largest absolute Gasteiger partial charge is 0.382 e. The lowest BCUT2D eigenvalue weighted by molar-refractivity contribution is 0.0923. The van der Waals surface area contributed by atoms with Crippen LogP contribution >= 0.6 is 0 Å². The molecule has 5 rings (SSSR count). The van der Waals surface area contributed by atoms with Gasteiger partial charge in [-0.05, 0) is 53.9 Å². The predicted molar refractivity (Wildman–Crippen MR) is 140 cm³/mol. The summed E-state index contributed by atoms with van der Waals surface area (Å²) in [6.07, 6.45) is 3.42. The molecule has 1 fully saturated rings. The number of nitrogens with zero attached hydrogens (tertiary/aromatic N) is 2. The van der Waals surface area contributed by atoms with Gasteiger partial charge in [-0.1, -0.05) is 48.5 Å². The van der Waals surface area contributed by atoms with Crippen LogP contribution in [0.1, 0.15) is 39.3 Å². The Morgan fingerprint density at radius 3 is 2.69 bits per heavy atom. The molecule has 0 aliphatic carbocycles. The molecular formula is C28H28N6O2. The van der Waals surface area contributed by atoms with E-state index in [1.807, 2.05) is 24.3 Å². The Labute approximate surface area is 209 Å². The van der Waals surface area contributed by atoms with Crippen LogP contribution in [0, 0.1) is 0 Å². The molecule has 1 atom stereocenters. The molecule has 182 valence electrons. The second kappa shape index (κ2) is 10.5. The first-order valence-corrected chi connectivity index (χ1v) is 12.1. The summed E-state index contributed by atoms with van der Waals surface area (Å²) in [4.78, 5) is 34.3. The number of nitrogens with two attached hydrogens (primary N) is 1. The summed E-state index contributed by atoms with van der Waals surface area (Å²) in [7, 11) is 0. The van der Waals surface area contributed by atoms with Gasteiger partial charge in [0.05, 0.1) is 11.9 Å². The lowest BCUT2D eigenvalue weighted by Crippen LogP contribution is -2.46. The first kappa shape index (κ1) is 23.4. The number of hydrogen-bond donors (Lipinski definition) is 4. The number of aromatic nitrogens is 2. The SMILES string of the molecule is Nc1ncc(-c2cccc(C(=O)NCc3ccc4ccccc4c3)c2)nc1C(=O)N[C@H]1CCCNC1. The number of fused-ring (bicyclic) bond motifs is 1. The van der Waals surface area contributed by atoms with Gasteiger partial charge in [-0.2, -0.15) is 0 Å². The zero-order valence-corrected chi connectivity index (χ0v) is 19.8. The number of nitrogen functional groups attached to an aromatic ring is 1. The molecule has 0 radical (unpaired) electrons. The minimum absolute atomic E-state index is 0.0331. The van der Waals surface area contributed by atoms with Crippen LogP contribution in [-0.4, -0.2) is 40.9 Å². The lowest BCUT2D eigenvalue weighted by atomic mass is 10.1. The van der Waals surface area contributed by atoms with Crippen molar-refractivity contribution >= 4 is 28.4 Å². The van der Waals surface area contributed by atoms with Gasteiger partial charge in [0.15, 0.2) is 11.5 Å². The monoisotopic (exact) mass is 480 g/mol. The van der Waals surface area contributed by atoms with Gasteiger partial charge < -0.3 is 21.7 Å². The number of benzene rings is 3. The molecule has 1 aliphatic heterocycles. The van der Waals surface area contributed by atoms with E-state index >= 15 is 0 Å². The topological polar surface area (TPSA) is 122 Å². The molecule has 5 N–H and O–H groups in total. The van der Waals surface area contributed by atoms with Crippen LogP contribution in [0.25, 0.3) is 22.0 Å². The van der Waals surface area contributed by atoms with Gasteiger partial charge >= 0.3 is 0 Å². The normalized spacial score (nSPS) is 15.4. The van der Waals surface area contributed by atoms with E-state index in [0.717, 1.165) is 42.3 Å². The number of rotatable bonds is 6. The fourth-order valence-corrected chi connectivity index (χ4v) is 4.39. The maximum absolute atomic E-state index is 12.9. The van der Waals surface area contributed by atoms with E-state index in [1.165, 1.54) is 6.20 Å². The Balaban J connectivity index is 1.29. The Morgan fingerprint density at radius 1 is 1.00 bits per heavy atom. The number of piperidine rings is 1.